The summed E-state index contributed by atoms with van der Waals surface area (Å²) in [6.07, 6.45) is 4.92. The van der Waals surface area contributed by atoms with E-state index in [1.54, 1.807) is 30.1 Å². The Hall–Kier alpha value is -2.19. The molecule has 2 aromatic heterocycles. The lowest BCUT2D eigenvalue weighted by atomic mass is 10.1. The third-order valence-electron chi connectivity index (χ3n) is 3.65. The van der Waals surface area contributed by atoms with Crippen molar-refractivity contribution < 1.29 is 5.11 Å². The van der Waals surface area contributed by atoms with Gasteiger partial charge in [0.25, 0.3) is 0 Å². The van der Waals surface area contributed by atoms with E-state index in [1.165, 1.54) is 11.2 Å². The van der Waals surface area contributed by atoms with Gasteiger partial charge in [0.15, 0.2) is 0 Å². The van der Waals surface area contributed by atoms with E-state index in [4.69, 9.17) is 34.8 Å². The van der Waals surface area contributed by atoms with Crippen LogP contribution < -0.4 is 11.6 Å². The smallest absolute Gasteiger partial charge is 0.126 e. The summed E-state index contributed by atoms with van der Waals surface area (Å²) in [5.74, 6) is 5.96. The number of hydrazine groups is 1. The fourth-order valence-corrected chi connectivity index (χ4v) is 3.18. The van der Waals surface area contributed by atoms with E-state index in [-0.39, 0.29) is 6.61 Å². The summed E-state index contributed by atoms with van der Waals surface area (Å²) in [4.78, 5) is 0. The predicted molar refractivity (Wildman–Crippen MR) is 95.9 cm³/mol. The highest BCUT2D eigenvalue weighted by atomic mass is 35.5. The Bertz CT molecular complexity index is 914. The number of aliphatic hydroxyl groups excluding tert-OH is 1. The van der Waals surface area contributed by atoms with E-state index >= 15 is 0 Å². The van der Waals surface area contributed by atoms with Gasteiger partial charge in [0.2, 0.25) is 0 Å². The number of H-pyrrole nitrogens is 1. The monoisotopic (exact) mass is 366 g/mol. The molecule has 0 aliphatic carbocycles. The van der Waals surface area contributed by atoms with Crippen molar-refractivity contribution in [2.75, 3.05) is 7.05 Å². The van der Waals surface area contributed by atoms with Gasteiger partial charge in [0.05, 0.1) is 40.3 Å². The van der Waals surface area contributed by atoms with Gasteiger partial charge < -0.3 is 15.8 Å². The number of aromatic nitrogens is 3. The van der Waals surface area contributed by atoms with Crippen LogP contribution >= 0.6 is 23.2 Å². The Morgan fingerprint density at radius 2 is 2.21 bits per heavy atom. The topological polar surface area (TPSA) is 109 Å². The van der Waals surface area contributed by atoms with Gasteiger partial charge in [-0.3, -0.25) is 9.67 Å². The van der Waals surface area contributed by atoms with Crippen molar-refractivity contribution in [3.63, 3.8) is 0 Å². The number of aliphatic hydroxyl groups is 1. The molecule has 0 bridgehead atoms. The number of nitrogens with two attached hydrogens (primary N) is 2. The molecule has 0 fully saturated rings. The highest BCUT2D eigenvalue weighted by molar-refractivity contribution is 6.45. The lowest BCUT2D eigenvalue weighted by molar-refractivity contribution is 0.276. The van der Waals surface area contributed by atoms with E-state index in [0.29, 0.717) is 27.1 Å². The number of nitrogens with zero attached hydrogens (tertiary/aromatic N) is 3. The highest BCUT2D eigenvalue weighted by Gasteiger charge is 2.23. The Kier molecular flexibility index (Phi) is 4.42. The van der Waals surface area contributed by atoms with E-state index in [2.05, 4.69) is 10.2 Å². The van der Waals surface area contributed by atoms with Crippen LogP contribution in [0.2, 0.25) is 10.0 Å². The molecule has 6 N–H and O–H groups in total. The average molecular weight is 367 g/mol. The summed E-state index contributed by atoms with van der Waals surface area (Å²) in [6, 6.07) is 3.54. The Morgan fingerprint density at radius 3 is 2.79 bits per heavy atom. The molecule has 7 nitrogen and oxygen atoms in total. The zero-order valence-electron chi connectivity index (χ0n) is 12.8. The molecule has 126 valence electrons. The van der Waals surface area contributed by atoms with Crippen molar-refractivity contribution >= 4 is 39.9 Å². The molecule has 2 heterocycles. The number of nitrogens with one attached hydrogen (secondary N) is 1. The van der Waals surface area contributed by atoms with Crippen molar-refractivity contribution in [2.24, 2.45) is 11.6 Å². The van der Waals surface area contributed by atoms with E-state index in [0.717, 1.165) is 16.5 Å². The molecule has 0 spiro atoms. The number of hydrogen-bond acceptors (Lipinski definition) is 5. The van der Waals surface area contributed by atoms with Crippen LogP contribution in [-0.2, 0) is 6.61 Å². The minimum Gasteiger partial charge on any atom is -0.390 e. The van der Waals surface area contributed by atoms with Crippen molar-refractivity contribution in [1.29, 1.82) is 0 Å². The standard InChI is InChI=1S/C15H16Cl2N6O/c1-22(19)6-12(18)23-11(7-24)13(8-4-20-21-5-8)9-2-3-10(16)14(17)15(9)23/h2-6,24H,7,18-19H2,1H3,(H,20,21)/b12-6+. The predicted octanol–water partition coefficient (Wildman–Crippen LogP) is 2.35. The molecule has 24 heavy (non-hydrogen) atoms. The number of fused-ring (bicyclic) bond motifs is 1. The van der Waals surface area contributed by atoms with Gasteiger partial charge in [-0.25, -0.2) is 5.84 Å². The summed E-state index contributed by atoms with van der Waals surface area (Å²) in [6.45, 7) is -0.258. The molecule has 0 amide bonds. The van der Waals surface area contributed by atoms with Gasteiger partial charge in [0, 0.05) is 29.8 Å². The van der Waals surface area contributed by atoms with Crippen LogP contribution in [0.5, 0.6) is 0 Å². The summed E-state index contributed by atoms with van der Waals surface area (Å²) in [5, 5.41) is 19.6. The van der Waals surface area contributed by atoms with Crippen LogP contribution in [0.4, 0.5) is 0 Å². The second kappa shape index (κ2) is 6.37. The van der Waals surface area contributed by atoms with E-state index in [1.807, 2.05) is 6.07 Å². The molecule has 0 aliphatic rings. The summed E-state index contributed by atoms with van der Waals surface area (Å²) >= 11 is 12.6. The quantitative estimate of drug-likeness (QED) is 0.418. The first-order chi connectivity index (χ1) is 11.5. The van der Waals surface area contributed by atoms with E-state index in [9.17, 15) is 5.11 Å². The maximum absolute atomic E-state index is 9.99. The normalized spacial score (nSPS) is 12.1. The first-order valence-corrected chi connectivity index (χ1v) is 7.77. The number of halogens is 2. The summed E-state index contributed by atoms with van der Waals surface area (Å²) in [7, 11) is 1.64. The summed E-state index contributed by atoms with van der Waals surface area (Å²) in [5.41, 5.74) is 8.92. The van der Waals surface area contributed by atoms with Crippen LogP contribution in [0.25, 0.3) is 27.9 Å². The number of aromatic amines is 1. The third kappa shape index (κ3) is 2.61. The van der Waals surface area contributed by atoms with Crippen molar-refractivity contribution in [3.8, 4) is 11.1 Å². The van der Waals surface area contributed by atoms with E-state index < -0.39 is 0 Å². The molecule has 3 aromatic rings. The minimum atomic E-state index is -0.258. The highest BCUT2D eigenvalue weighted by Crippen LogP contribution is 2.41. The average Bonchev–Trinajstić information content (AvgIpc) is 3.14. The lowest BCUT2D eigenvalue weighted by Crippen LogP contribution is -2.22. The first kappa shape index (κ1) is 16.7. The number of hydrogen-bond donors (Lipinski definition) is 4. The maximum atomic E-state index is 9.99. The molecule has 0 atom stereocenters. The van der Waals surface area contributed by atoms with Gasteiger partial charge in [-0.2, -0.15) is 5.10 Å². The number of benzene rings is 1. The van der Waals surface area contributed by atoms with Crippen LogP contribution in [0.1, 0.15) is 5.69 Å². The van der Waals surface area contributed by atoms with Crippen molar-refractivity contribution in [1.82, 2.24) is 19.8 Å². The van der Waals surface area contributed by atoms with Crippen LogP contribution in [0.3, 0.4) is 0 Å². The molecule has 0 radical (unpaired) electrons. The zero-order chi connectivity index (χ0) is 17.4. The zero-order valence-corrected chi connectivity index (χ0v) is 14.3. The molecular formula is C15H16Cl2N6O. The fourth-order valence-electron chi connectivity index (χ4n) is 2.77. The van der Waals surface area contributed by atoms with Gasteiger partial charge in [0.1, 0.15) is 5.82 Å². The van der Waals surface area contributed by atoms with Crippen molar-refractivity contribution in [3.05, 3.63) is 46.5 Å². The molecule has 0 saturated carbocycles. The third-order valence-corrected chi connectivity index (χ3v) is 4.45. The van der Waals surface area contributed by atoms with Crippen LogP contribution in [0, 0.1) is 0 Å². The molecule has 9 heteroatoms. The largest absolute Gasteiger partial charge is 0.390 e. The molecule has 0 aliphatic heterocycles. The Morgan fingerprint density at radius 1 is 1.46 bits per heavy atom. The first-order valence-electron chi connectivity index (χ1n) is 7.02. The minimum absolute atomic E-state index is 0.258. The lowest BCUT2D eigenvalue weighted by Gasteiger charge is -2.14. The van der Waals surface area contributed by atoms with Gasteiger partial charge in [-0.1, -0.05) is 29.3 Å². The van der Waals surface area contributed by atoms with Gasteiger partial charge in [-0.15, -0.1) is 0 Å². The second-order valence-corrected chi connectivity index (χ2v) is 6.06. The maximum Gasteiger partial charge on any atom is 0.126 e. The van der Waals surface area contributed by atoms with Crippen LogP contribution in [0.15, 0.2) is 30.7 Å². The number of rotatable bonds is 4. The Balaban J connectivity index is 2.48. The van der Waals surface area contributed by atoms with Gasteiger partial charge in [-0.05, 0) is 6.07 Å². The molecule has 1 aromatic carbocycles. The molecule has 3 rings (SSSR count). The fraction of sp³-hybridized carbons (Fsp3) is 0.133. The second-order valence-electron chi connectivity index (χ2n) is 5.28. The van der Waals surface area contributed by atoms with Gasteiger partial charge >= 0.3 is 0 Å². The molecule has 0 unspecified atom stereocenters. The molecule has 0 saturated heterocycles. The van der Waals surface area contributed by atoms with Crippen molar-refractivity contribution in [2.45, 2.75) is 6.61 Å². The SMILES string of the molecule is CN(N)/C=C(\N)n1c(CO)c(-c2cn[nH]c2)c2ccc(Cl)c(Cl)c21. The summed E-state index contributed by atoms with van der Waals surface area (Å²) < 4.78 is 1.65. The Labute approximate surface area is 148 Å². The molecular weight excluding hydrogens is 351 g/mol. The van der Waals surface area contributed by atoms with Crippen LogP contribution in [-0.4, -0.2) is 31.9 Å².